The first-order valence-electron chi connectivity index (χ1n) is 5.30. The van der Waals surface area contributed by atoms with E-state index < -0.39 is 0 Å². The van der Waals surface area contributed by atoms with Gasteiger partial charge in [-0.3, -0.25) is 0 Å². The van der Waals surface area contributed by atoms with Crippen molar-refractivity contribution in [3.8, 4) is 12.3 Å². The summed E-state index contributed by atoms with van der Waals surface area (Å²) in [6.45, 7) is 0.386. The van der Waals surface area contributed by atoms with E-state index >= 15 is 0 Å². The molecule has 1 nitrogen and oxygen atoms in total. The van der Waals surface area contributed by atoms with Gasteiger partial charge in [-0.15, -0.1) is 17.8 Å². The minimum Gasteiger partial charge on any atom is -0.360 e. The molecule has 0 amide bonds. The Morgan fingerprint density at radius 1 is 1.62 bits per heavy atom. The summed E-state index contributed by atoms with van der Waals surface area (Å²) in [5.41, 5.74) is 1.38. The van der Waals surface area contributed by atoms with Crippen LogP contribution in [0.3, 0.4) is 0 Å². The van der Waals surface area contributed by atoms with E-state index in [1.54, 1.807) is 11.3 Å². The monoisotopic (exact) mass is 296 g/mol. The zero-order chi connectivity index (χ0) is 11.4. The molecule has 0 aromatic carbocycles. The van der Waals surface area contributed by atoms with Crippen LogP contribution in [-0.4, -0.2) is 12.7 Å². The molecule has 0 spiro atoms. The number of hydrogen-bond donors (Lipinski definition) is 0. The molecule has 0 aliphatic heterocycles. The molecule has 1 aromatic rings. The molecule has 0 saturated heterocycles. The van der Waals surface area contributed by atoms with Crippen LogP contribution in [0, 0.1) is 12.3 Å². The molecule has 84 valence electrons. The van der Waals surface area contributed by atoms with Gasteiger partial charge in [-0.25, -0.2) is 0 Å². The molecule has 1 aliphatic carbocycles. The van der Waals surface area contributed by atoms with Gasteiger partial charge in [-0.1, -0.05) is 27.9 Å². The second kappa shape index (κ2) is 5.67. The van der Waals surface area contributed by atoms with Crippen molar-refractivity contribution in [2.75, 3.05) is 6.61 Å². The number of allylic oxidation sites excluding steroid dienone is 1. The normalized spacial score (nSPS) is 20.9. The van der Waals surface area contributed by atoms with Crippen LogP contribution < -0.4 is 0 Å². The summed E-state index contributed by atoms with van der Waals surface area (Å²) in [5, 5.41) is 2.11. The predicted molar refractivity (Wildman–Crippen MR) is 72.6 cm³/mol. The second-order valence-electron chi connectivity index (χ2n) is 3.70. The number of ether oxygens (including phenoxy) is 1. The van der Waals surface area contributed by atoms with E-state index in [2.05, 4.69) is 39.4 Å². The highest BCUT2D eigenvalue weighted by Gasteiger charge is 2.22. The first kappa shape index (κ1) is 11.9. The van der Waals surface area contributed by atoms with Crippen LogP contribution in [0.25, 0.3) is 5.57 Å². The van der Waals surface area contributed by atoms with Crippen LogP contribution in [0.5, 0.6) is 0 Å². The number of rotatable bonds is 3. The smallest absolute Gasteiger partial charge is 0.108 e. The number of halogens is 1. The zero-order valence-corrected chi connectivity index (χ0v) is 11.3. The molecule has 1 unspecified atom stereocenters. The fourth-order valence-electron chi connectivity index (χ4n) is 1.90. The molecule has 1 aliphatic rings. The zero-order valence-electron chi connectivity index (χ0n) is 8.91. The first-order chi connectivity index (χ1) is 7.83. The molecular weight excluding hydrogens is 284 g/mol. The summed E-state index contributed by atoms with van der Waals surface area (Å²) in [4.78, 5) is 1.33. The average Bonchev–Trinajstić information content (AvgIpc) is 2.81. The van der Waals surface area contributed by atoms with Crippen LogP contribution in [0.4, 0.5) is 0 Å². The molecule has 16 heavy (non-hydrogen) atoms. The number of hydrogen-bond acceptors (Lipinski definition) is 2. The van der Waals surface area contributed by atoms with Gasteiger partial charge >= 0.3 is 0 Å². The van der Waals surface area contributed by atoms with Crippen molar-refractivity contribution in [1.82, 2.24) is 0 Å². The van der Waals surface area contributed by atoms with Crippen molar-refractivity contribution in [2.45, 2.75) is 25.4 Å². The Balaban J connectivity index is 2.20. The Kier molecular flexibility index (Phi) is 4.22. The fraction of sp³-hybridized carbons (Fsp3) is 0.385. The van der Waals surface area contributed by atoms with Gasteiger partial charge in [-0.05, 0) is 36.3 Å². The highest BCUT2D eigenvalue weighted by Crippen LogP contribution is 2.38. The Morgan fingerprint density at radius 3 is 3.19 bits per heavy atom. The highest BCUT2D eigenvalue weighted by atomic mass is 79.9. The molecule has 0 saturated carbocycles. The van der Waals surface area contributed by atoms with Gasteiger partial charge in [0.25, 0.3) is 0 Å². The summed E-state index contributed by atoms with van der Waals surface area (Å²) in [7, 11) is 0. The Labute approximate surface area is 109 Å². The highest BCUT2D eigenvalue weighted by molar-refractivity contribution is 9.11. The van der Waals surface area contributed by atoms with Crippen molar-refractivity contribution in [3.63, 3.8) is 0 Å². The van der Waals surface area contributed by atoms with Gasteiger partial charge < -0.3 is 4.74 Å². The molecule has 2 rings (SSSR count). The van der Waals surface area contributed by atoms with E-state index in [1.807, 2.05) is 0 Å². The van der Waals surface area contributed by atoms with E-state index in [0.717, 1.165) is 19.3 Å². The minimum atomic E-state index is 0.141. The number of thiophene rings is 1. The standard InChI is InChI=1S/C13H13BrOS/c1-2-8-15-11-6-3-5-10(13(11)14)12-7-4-9-16-12/h1,4,7,9,11H,3,5-6,8H2. The van der Waals surface area contributed by atoms with E-state index in [0.29, 0.717) is 6.61 Å². The molecule has 0 radical (unpaired) electrons. The molecule has 0 N–H and O–H groups in total. The van der Waals surface area contributed by atoms with Crippen LogP contribution in [0.15, 0.2) is 22.0 Å². The van der Waals surface area contributed by atoms with Crippen LogP contribution in [-0.2, 0) is 4.74 Å². The third-order valence-electron chi connectivity index (χ3n) is 2.65. The molecule has 1 atom stereocenters. The van der Waals surface area contributed by atoms with Crippen LogP contribution >= 0.6 is 27.3 Å². The third kappa shape index (κ3) is 2.57. The summed E-state index contributed by atoms with van der Waals surface area (Å²) < 4.78 is 6.81. The topological polar surface area (TPSA) is 9.23 Å². The van der Waals surface area contributed by atoms with Gasteiger partial charge in [0.2, 0.25) is 0 Å². The summed E-state index contributed by atoms with van der Waals surface area (Å²) >= 11 is 5.44. The maximum Gasteiger partial charge on any atom is 0.108 e. The fourth-order valence-corrected chi connectivity index (χ4v) is 3.62. The second-order valence-corrected chi connectivity index (χ2v) is 5.50. The van der Waals surface area contributed by atoms with Gasteiger partial charge in [-0.2, -0.15) is 0 Å². The molecular formula is C13H13BrOS. The van der Waals surface area contributed by atoms with Crippen LogP contribution in [0.2, 0.25) is 0 Å². The average molecular weight is 297 g/mol. The van der Waals surface area contributed by atoms with Crippen molar-refractivity contribution in [1.29, 1.82) is 0 Å². The minimum absolute atomic E-state index is 0.141. The van der Waals surface area contributed by atoms with E-state index in [1.165, 1.54) is 14.9 Å². The molecule has 1 aromatic heterocycles. The lowest BCUT2D eigenvalue weighted by atomic mass is 9.96. The Morgan fingerprint density at radius 2 is 2.50 bits per heavy atom. The first-order valence-corrected chi connectivity index (χ1v) is 6.97. The van der Waals surface area contributed by atoms with Crippen molar-refractivity contribution < 1.29 is 4.74 Å². The molecule has 0 fully saturated rings. The lowest BCUT2D eigenvalue weighted by Gasteiger charge is -2.24. The van der Waals surface area contributed by atoms with Gasteiger partial charge in [0.15, 0.2) is 0 Å². The lowest BCUT2D eigenvalue weighted by molar-refractivity contribution is 0.101. The van der Waals surface area contributed by atoms with E-state index in [4.69, 9.17) is 11.2 Å². The quantitative estimate of drug-likeness (QED) is 0.765. The van der Waals surface area contributed by atoms with Crippen LogP contribution in [0.1, 0.15) is 24.1 Å². The maximum absolute atomic E-state index is 5.64. The maximum atomic E-state index is 5.64. The molecule has 3 heteroatoms. The van der Waals surface area contributed by atoms with Gasteiger partial charge in [0.1, 0.15) is 6.61 Å². The SMILES string of the molecule is C#CCOC1CCCC(c2cccs2)=C1Br. The Hall–Kier alpha value is -0.560. The van der Waals surface area contributed by atoms with Crippen molar-refractivity contribution in [3.05, 3.63) is 26.9 Å². The lowest BCUT2D eigenvalue weighted by Crippen LogP contribution is -2.18. The van der Waals surface area contributed by atoms with E-state index in [-0.39, 0.29) is 6.10 Å². The summed E-state index contributed by atoms with van der Waals surface area (Å²) in [6.07, 6.45) is 8.70. The predicted octanol–water partition coefficient (Wildman–Crippen LogP) is 4.06. The Bertz CT molecular complexity index is 414. The molecule has 0 bridgehead atoms. The third-order valence-corrected chi connectivity index (χ3v) is 4.57. The van der Waals surface area contributed by atoms with Crippen molar-refractivity contribution in [2.24, 2.45) is 0 Å². The summed E-state index contributed by atoms with van der Waals surface area (Å²) in [5.74, 6) is 2.52. The van der Waals surface area contributed by atoms with Gasteiger partial charge in [0, 0.05) is 9.36 Å². The van der Waals surface area contributed by atoms with Gasteiger partial charge in [0.05, 0.1) is 6.10 Å². The molecule has 1 heterocycles. The van der Waals surface area contributed by atoms with Crippen molar-refractivity contribution >= 4 is 32.8 Å². The largest absolute Gasteiger partial charge is 0.360 e. The summed E-state index contributed by atoms with van der Waals surface area (Å²) in [6, 6.07) is 4.24. The van der Waals surface area contributed by atoms with E-state index in [9.17, 15) is 0 Å². The number of terminal acetylenes is 1.